The van der Waals surface area contributed by atoms with Crippen LogP contribution in [-0.2, 0) is 10.0 Å². The average molecular weight is 405 g/mol. The SMILES string of the molecule is O=C1c2ccc(F)cc2S(=O)(=O)N1CCCN1CCN(c2ncccn2)CC1. The first-order chi connectivity index (χ1) is 13.5. The van der Waals surface area contributed by atoms with Crippen molar-refractivity contribution in [1.29, 1.82) is 0 Å². The van der Waals surface area contributed by atoms with Crippen molar-refractivity contribution in [2.24, 2.45) is 0 Å². The normalized spacial score (nSPS) is 19.1. The molecule has 1 aromatic carbocycles. The van der Waals surface area contributed by atoms with Gasteiger partial charge in [0.05, 0.1) is 5.56 Å². The molecule has 0 atom stereocenters. The van der Waals surface area contributed by atoms with E-state index in [-0.39, 0.29) is 17.0 Å². The zero-order valence-corrected chi connectivity index (χ0v) is 16.0. The highest BCUT2D eigenvalue weighted by Crippen LogP contribution is 2.30. The smallest absolute Gasteiger partial charge is 0.269 e. The molecule has 0 bridgehead atoms. The first kappa shape index (κ1) is 18.8. The van der Waals surface area contributed by atoms with Gasteiger partial charge in [0.25, 0.3) is 15.9 Å². The molecule has 8 nitrogen and oxygen atoms in total. The number of hydrogen-bond donors (Lipinski definition) is 0. The molecule has 0 N–H and O–H groups in total. The van der Waals surface area contributed by atoms with E-state index in [1.54, 1.807) is 18.5 Å². The molecule has 0 spiro atoms. The first-order valence-corrected chi connectivity index (χ1v) is 10.5. The highest BCUT2D eigenvalue weighted by atomic mass is 32.2. The zero-order chi connectivity index (χ0) is 19.7. The lowest BCUT2D eigenvalue weighted by Crippen LogP contribution is -2.47. The molecule has 2 aromatic rings. The Morgan fingerprint density at radius 1 is 1.04 bits per heavy atom. The van der Waals surface area contributed by atoms with Crippen molar-refractivity contribution in [1.82, 2.24) is 19.2 Å². The van der Waals surface area contributed by atoms with Gasteiger partial charge in [-0.05, 0) is 30.7 Å². The predicted molar refractivity (Wildman–Crippen MR) is 99.9 cm³/mol. The number of halogens is 1. The number of hydrogen-bond acceptors (Lipinski definition) is 7. The first-order valence-electron chi connectivity index (χ1n) is 9.08. The zero-order valence-electron chi connectivity index (χ0n) is 15.2. The second kappa shape index (κ2) is 7.44. The maximum Gasteiger partial charge on any atom is 0.269 e. The van der Waals surface area contributed by atoms with Gasteiger partial charge in [-0.15, -0.1) is 0 Å². The van der Waals surface area contributed by atoms with Crippen LogP contribution in [0.5, 0.6) is 0 Å². The quantitative estimate of drug-likeness (QED) is 0.733. The summed E-state index contributed by atoms with van der Waals surface area (Å²) in [5, 5.41) is 0. The van der Waals surface area contributed by atoms with Gasteiger partial charge >= 0.3 is 0 Å². The summed E-state index contributed by atoms with van der Waals surface area (Å²) < 4.78 is 39.3. The summed E-state index contributed by atoms with van der Waals surface area (Å²) in [6.07, 6.45) is 3.95. The van der Waals surface area contributed by atoms with Crippen LogP contribution < -0.4 is 4.90 Å². The molecule has 2 aliphatic heterocycles. The lowest BCUT2D eigenvalue weighted by Gasteiger charge is -2.34. The van der Waals surface area contributed by atoms with E-state index in [2.05, 4.69) is 19.8 Å². The fraction of sp³-hybridized carbons (Fsp3) is 0.389. The predicted octanol–water partition coefficient (Wildman–Crippen LogP) is 0.972. The minimum Gasteiger partial charge on any atom is -0.338 e. The molecular weight excluding hydrogens is 385 g/mol. The molecule has 0 unspecified atom stereocenters. The van der Waals surface area contributed by atoms with Crippen LogP contribution in [0, 0.1) is 5.82 Å². The Hall–Kier alpha value is -2.59. The Balaban J connectivity index is 1.31. The van der Waals surface area contributed by atoms with E-state index < -0.39 is 21.7 Å². The molecule has 4 rings (SSSR count). The molecular formula is C18H20FN5O3S. The topological polar surface area (TPSA) is 86.7 Å². The number of piperazine rings is 1. The Labute approximate surface area is 162 Å². The molecule has 0 radical (unpaired) electrons. The number of amides is 1. The van der Waals surface area contributed by atoms with E-state index >= 15 is 0 Å². The van der Waals surface area contributed by atoms with Crippen molar-refractivity contribution in [2.75, 3.05) is 44.2 Å². The minimum atomic E-state index is -3.97. The minimum absolute atomic E-state index is 0.0397. The highest BCUT2D eigenvalue weighted by Gasteiger charge is 2.41. The molecule has 2 aliphatic rings. The third-order valence-corrected chi connectivity index (χ3v) is 6.83. The third kappa shape index (κ3) is 3.45. The Morgan fingerprint density at radius 3 is 2.46 bits per heavy atom. The van der Waals surface area contributed by atoms with Crippen molar-refractivity contribution in [3.63, 3.8) is 0 Å². The largest absolute Gasteiger partial charge is 0.338 e. The Kier molecular flexibility index (Phi) is 4.98. The van der Waals surface area contributed by atoms with Gasteiger partial charge in [0.2, 0.25) is 5.95 Å². The van der Waals surface area contributed by atoms with Crippen LogP contribution in [0.1, 0.15) is 16.8 Å². The number of benzene rings is 1. The molecule has 148 valence electrons. The number of carbonyl (C=O) groups excluding carboxylic acids is 1. The summed E-state index contributed by atoms with van der Waals surface area (Å²) in [5.41, 5.74) is 0.0397. The molecule has 1 amide bonds. The maximum absolute atomic E-state index is 13.4. The molecule has 0 saturated carbocycles. The van der Waals surface area contributed by atoms with E-state index in [1.165, 1.54) is 6.07 Å². The van der Waals surface area contributed by atoms with E-state index in [0.29, 0.717) is 18.9 Å². The van der Waals surface area contributed by atoms with Gasteiger partial charge in [-0.25, -0.2) is 27.1 Å². The number of carbonyl (C=O) groups is 1. The van der Waals surface area contributed by atoms with E-state index in [0.717, 1.165) is 42.6 Å². The van der Waals surface area contributed by atoms with Crippen LogP contribution >= 0.6 is 0 Å². The number of aromatic nitrogens is 2. The fourth-order valence-electron chi connectivity index (χ4n) is 3.53. The second-order valence-corrected chi connectivity index (χ2v) is 8.58. The summed E-state index contributed by atoms with van der Waals surface area (Å²) in [7, 11) is -3.97. The van der Waals surface area contributed by atoms with E-state index in [1.807, 2.05) is 0 Å². The number of anilines is 1. The number of rotatable bonds is 5. The summed E-state index contributed by atoms with van der Waals surface area (Å²) in [4.78, 5) is 25.0. The number of nitrogens with zero attached hydrogens (tertiary/aromatic N) is 5. The molecule has 0 aliphatic carbocycles. The molecule has 1 fully saturated rings. The molecule has 28 heavy (non-hydrogen) atoms. The number of sulfonamides is 1. The van der Waals surface area contributed by atoms with Gasteiger partial charge in [-0.3, -0.25) is 9.69 Å². The van der Waals surface area contributed by atoms with E-state index in [9.17, 15) is 17.6 Å². The summed E-state index contributed by atoms with van der Waals surface area (Å²) in [6, 6.07) is 5.02. The second-order valence-electron chi connectivity index (χ2n) is 6.75. The molecule has 1 aromatic heterocycles. The molecule has 3 heterocycles. The molecule has 10 heteroatoms. The summed E-state index contributed by atoms with van der Waals surface area (Å²) in [6.45, 7) is 3.95. The lowest BCUT2D eigenvalue weighted by atomic mass is 10.2. The standard InChI is InChI=1S/C18H20FN5O3S/c19-14-3-4-15-16(13-14)28(26,27)24(17(15)25)8-2-7-22-9-11-23(12-10-22)18-20-5-1-6-21-18/h1,3-6,13H,2,7-12H2. The van der Waals surface area contributed by atoms with Crippen LogP contribution in [0.3, 0.4) is 0 Å². The third-order valence-electron chi connectivity index (χ3n) is 5.01. The summed E-state index contributed by atoms with van der Waals surface area (Å²) in [5.74, 6) is -0.542. The fourth-order valence-corrected chi connectivity index (χ4v) is 5.15. The Morgan fingerprint density at radius 2 is 1.75 bits per heavy atom. The van der Waals surface area contributed by atoms with Gasteiger partial charge in [-0.2, -0.15) is 0 Å². The Bertz CT molecular complexity index is 978. The number of fused-ring (bicyclic) bond motifs is 1. The highest BCUT2D eigenvalue weighted by molar-refractivity contribution is 7.90. The van der Waals surface area contributed by atoms with Crippen LogP contribution in [0.2, 0.25) is 0 Å². The molecule has 1 saturated heterocycles. The van der Waals surface area contributed by atoms with Crippen LogP contribution in [0.25, 0.3) is 0 Å². The summed E-state index contributed by atoms with van der Waals surface area (Å²) >= 11 is 0. The van der Waals surface area contributed by atoms with Gasteiger partial charge in [-0.1, -0.05) is 0 Å². The van der Waals surface area contributed by atoms with Gasteiger partial charge < -0.3 is 4.90 Å². The van der Waals surface area contributed by atoms with Gasteiger partial charge in [0, 0.05) is 51.7 Å². The van der Waals surface area contributed by atoms with Crippen molar-refractivity contribution in [3.05, 3.63) is 48.0 Å². The average Bonchev–Trinajstić information content (AvgIpc) is 2.89. The lowest BCUT2D eigenvalue weighted by molar-refractivity contribution is 0.0866. The van der Waals surface area contributed by atoms with Crippen LogP contribution in [0.15, 0.2) is 41.6 Å². The monoisotopic (exact) mass is 405 g/mol. The van der Waals surface area contributed by atoms with Crippen molar-refractivity contribution in [3.8, 4) is 0 Å². The van der Waals surface area contributed by atoms with Crippen LogP contribution in [0.4, 0.5) is 10.3 Å². The van der Waals surface area contributed by atoms with E-state index in [4.69, 9.17) is 0 Å². The van der Waals surface area contributed by atoms with Gasteiger partial charge in [0.1, 0.15) is 10.7 Å². The van der Waals surface area contributed by atoms with Gasteiger partial charge in [0.15, 0.2) is 0 Å². The van der Waals surface area contributed by atoms with Crippen LogP contribution in [-0.4, -0.2) is 72.8 Å². The van der Waals surface area contributed by atoms with Crippen molar-refractivity contribution >= 4 is 21.9 Å². The maximum atomic E-state index is 13.4. The van der Waals surface area contributed by atoms with Crippen molar-refractivity contribution < 1.29 is 17.6 Å². The van der Waals surface area contributed by atoms with Crippen molar-refractivity contribution in [2.45, 2.75) is 11.3 Å².